The lowest BCUT2D eigenvalue weighted by Gasteiger charge is -2.24. The Morgan fingerprint density at radius 1 is 1.39 bits per heavy atom. The molecule has 0 amide bonds. The molecule has 4 nitrogen and oxygen atoms in total. The third-order valence-electron chi connectivity index (χ3n) is 3.26. The van der Waals surface area contributed by atoms with Gasteiger partial charge in [0.2, 0.25) is 0 Å². The van der Waals surface area contributed by atoms with Crippen LogP contribution in [0.25, 0.3) is 0 Å². The zero-order chi connectivity index (χ0) is 13.1. The van der Waals surface area contributed by atoms with Gasteiger partial charge >= 0.3 is 0 Å². The number of thioether (sulfide) groups is 1. The summed E-state index contributed by atoms with van der Waals surface area (Å²) in [7, 11) is 0. The van der Waals surface area contributed by atoms with E-state index >= 15 is 0 Å². The van der Waals surface area contributed by atoms with Crippen molar-refractivity contribution in [2.75, 3.05) is 16.8 Å². The van der Waals surface area contributed by atoms with Crippen LogP contribution in [0.2, 0.25) is 0 Å². The lowest BCUT2D eigenvalue weighted by atomic mass is 10.1. The smallest absolute Gasteiger partial charge is 0.274 e. The second-order valence-electron chi connectivity index (χ2n) is 4.77. The minimum Gasteiger partial charge on any atom is -0.381 e. The van der Waals surface area contributed by atoms with Crippen molar-refractivity contribution in [2.45, 2.75) is 32.7 Å². The van der Waals surface area contributed by atoms with Gasteiger partial charge in [0.25, 0.3) is 5.69 Å². The largest absolute Gasteiger partial charge is 0.381 e. The topological polar surface area (TPSA) is 55.2 Å². The maximum absolute atomic E-state index is 11.0. The summed E-state index contributed by atoms with van der Waals surface area (Å²) in [6, 6.07) is 3.99. The highest BCUT2D eigenvalue weighted by Gasteiger charge is 2.17. The van der Waals surface area contributed by atoms with Crippen LogP contribution in [-0.4, -0.2) is 22.5 Å². The molecule has 5 heteroatoms. The molecule has 1 unspecified atom stereocenters. The molecule has 1 aromatic carbocycles. The van der Waals surface area contributed by atoms with Crippen molar-refractivity contribution in [3.63, 3.8) is 0 Å². The molecule has 1 atom stereocenters. The summed E-state index contributed by atoms with van der Waals surface area (Å²) in [5.41, 5.74) is 2.90. The SMILES string of the molecule is Cc1cc(C)c([N+](=O)[O-])cc1NC1CCCSC1. The van der Waals surface area contributed by atoms with E-state index in [1.54, 1.807) is 13.0 Å². The Morgan fingerprint density at radius 3 is 2.78 bits per heavy atom. The Kier molecular flexibility index (Phi) is 4.11. The Labute approximate surface area is 111 Å². The number of hydrogen-bond acceptors (Lipinski definition) is 4. The van der Waals surface area contributed by atoms with Crippen molar-refractivity contribution in [2.24, 2.45) is 0 Å². The van der Waals surface area contributed by atoms with Crippen molar-refractivity contribution in [1.82, 2.24) is 0 Å². The summed E-state index contributed by atoms with van der Waals surface area (Å²) in [5, 5.41) is 14.4. The van der Waals surface area contributed by atoms with Crippen molar-refractivity contribution < 1.29 is 4.92 Å². The maximum Gasteiger partial charge on any atom is 0.274 e. The fourth-order valence-corrected chi connectivity index (χ4v) is 3.34. The van der Waals surface area contributed by atoms with E-state index in [1.165, 1.54) is 12.2 Å². The average Bonchev–Trinajstić information content (AvgIpc) is 2.33. The summed E-state index contributed by atoms with van der Waals surface area (Å²) in [6.45, 7) is 3.78. The first-order valence-electron chi connectivity index (χ1n) is 6.18. The van der Waals surface area contributed by atoms with Gasteiger partial charge in [0.05, 0.1) is 4.92 Å². The summed E-state index contributed by atoms with van der Waals surface area (Å²) in [6.07, 6.45) is 2.36. The molecular formula is C13H18N2O2S. The number of rotatable bonds is 3. The lowest BCUT2D eigenvalue weighted by Crippen LogP contribution is -2.26. The van der Waals surface area contributed by atoms with Crippen LogP contribution in [-0.2, 0) is 0 Å². The molecule has 0 bridgehead atoms. The molecule has 0 spiro atoms. The molecule has 0 aromatic heterocycles. The van der Waals surface area contributed by atoms with Crippen molar-refractivity contribution in [1.29, 1.82) is 0 Å². The first kappa shape index (κ1) is 13.2. The number of benzene rings is 1. The lowest BCUT2D eigenvalue weighted by molar-refractivity contribution is -0.385. The number of nitro benzene ring substituents is 1. The standard InChI is InChI=1S/C13H18N2O2S/c1-9-6-10(2)13(15(16)17)7-12(9)14-11-4-3-5-18-8-11/h6-7,11,14H,3-5,8H2,1-2H3. The molecule has 0 radical (unpaired) electrons. The van der Waals surface area contributed by atoms with E-state index in [1.807, 2.05) is 24.8 Å². The van der Waals surface area contributed by atoms with Gasteiger partial charge < -0.3 is 5.32 Å². The second kappa shape index (κ2) is 5.61. The number of nitrogens with zero attached hydrogens (tertiary/aromatic N) is 1. The van der Waals surface area contributed by atoms with Gasteiger partial charge in [-0.2, -0.15) is 11.8 Å². The first-order chi connectivity index (χ1) is 8.58. The summed E-state index contributed by atoms with van der Waals surface area (Å²) in [5.74, 6) is 2.31. The number of hydrogen-bond donors (Lipinski definition) is 1. The van der Waals surface area contributed by atoms with Gasteiger partial charge in [0.1, 0.15) is 0 Å². The number of nitro groups is 1. The molecule has 1 aliphatic heterocycles. The molecule has 1 N–H and O–H groups in total. The fraction of sp³-hybridized carbons (Fsp3) is 0.538. The quantitative estimate of drug-likeness (QED) is 0.672. The van der Waals surface area contributed by atoms with Crippen LogP contribution in [0.3, 0.4) is 0 Å². The Balaban J connectivity index is 2.21. The van der Waals surface area contributed by atoms with E-state index in [-0.39, 0.29) is 10.6 Å². The molecule has 18 heavy (non-hydrogen) atoms. The highest BCUT2D eigenvalue weighted by Crippen LogP contribution is 2.28. The van der Waals surface area contributed by atoms with Crippen molar-refractivity contribution in [3.8, 4) is 0 Å². The van der Waals surface area contributed by atoms with Gasteiger partial charge in [-0.15, -0.1) is 0 Å². The van der Waals surface area contributed by atoms with E-state index < -0.39 is 0 Å². The average molecular weight is 266 g/mol. The highest BCUT2D eigenvalue weighted by molar-refractivity contribution is 7.99. The molecule has 1 aromatic rings. The van der Waals surface area contributed by atoms with Crippen LogP contribution in [0.1, 0.15) is 24.0 Å². The van der Waals surface area contributed by atoms with E-state index in [9.17, 15) is 10.1 Å². The van der Waals surface area contributed by atoms with Crippen LogP contribution in [0.5, 0.6) is 0 Å². The van der Waals surface area contributed by atoms with Gasteiger partial charge in [-0.1, -0.05) is 0 Å². The Bertz CT molecular complexity index is 457. The zero-order valence-corrected chi connectivity index (χ0v) is 11.5. The van der Waals surface area contributed by atoms with Crippen LogP contribution >= 0.6 is 11.8 Å². The molecular weight excluding hydrogens is 248 g/mol. The summed E-state index contributed by atoms with van der Waals surface area (Å²) >= 11 is 1.95. The molecule has 98 valence electrons. The molecule has 1 aliphatic rings. The fourth-order valence-electron chi connectivity index (χ4n) is 2.27. The van der Waals surface area contributed by atoms with Crippen LogP contribution < -0.4 is 5.32 Å². The Hall–Kier alpha value is -1.23. The summed E-state index contributed by atoms with van der Waals surface area (Å²) < 4.78 is 0. The number of aryl methyl sites for hydroxylation is 2. The first-order valence-corrected chi connectivity index (χ1v) is 7.33. The van der Waals surface area contributed by atoms with Crippen LogP contribution in [0, 0.1) is 24.0 Å². The van der Waals surface area contributed by atoms with E-state index in [4.69, 9.17) is 0 Å². The molecule has 0 saturated carbocycles. The molecule has 1 heterocycles. The molecule has 1 fully saturated rings. The third kappa shape index (κ3) is 2.96. The van der Waals surface area contributed by atoms with Gasteiger partial charge in [0, 0.05) is 29.1 Å². The van der Waals surface area contributed by atoms with E-state index in [0.717, 1.165) is 29.0 Å². The van der Waals surface area contributed by atoms with Gasteiger partial charge in [-0.25, -0.2) is 0 Å². The number of anilines is 1. The van der Waals surface area contributed by atoms with Crippen LogP contribution in [0.15, 0.2) is 12.1 Å². The normalized spacial score (nSPS) is 19.6. The minimum absolute atomic E-state index is 0.201. The monoisotopic (exact) mass is 266 g/mol. The van der Waals surface area contributed by atoms with Crippen molar-refractivity contribution in [3.05, 3.63) is 33.4 Å². The van der Waals surface area contributed by atoms with E-state index in [2.05, 4.69) is 5.32 Å². The molecule has 1 saturated heterocycles. The third-order valence-corrected chi connectivity index (χ3v) is 4.47. The highest BCUT2D eigenvalue weighted by atomic mass is 32.2. The maximum atomic E-state index is 11.0. The number of nitrogens with one attached hydrogen (secondary N) is 1. The second-order valence-corrected chi connectivity index (χ2v) is 5.92. The van der Waals surface area contributed by atoms with Gasteiger partial charge in [0.15, 0.2) is 0 Å². The van der Waals surface area contributed by atoms with Crippen molar-refractivity contribution >= 4 is 23.1 Å². The Morgan fingerprint density at radius 2 is 2.17 bits per heavy atom. The molecule has 0 aliphatic carbocycles. The van der Waals surface area contributed by atoms with Crippen LogP contribution in [0.4, 0.5) is 11.4 Å². The van der Waals surface area contributed by atoms with Gasteiger partial charge in [-0.05, 0) is 44.1 Å². The van der Waals surface area contributed by atoms with Gasteiger partial charge in [-0.3, -0.25) is 10.1 Å². The minimum atomic E-state index is -0.310. The summed E-state index contributed by atoms with van der Waals surface area (Å²) in [4.78, 5) is 10.6. The van der Waals surface area contributed by atoms with E-state index in [0.29, 0.717) is 6.04 Å². The predicted molar refractivity (Wildman–Crippen MR) is 76.5 cm³/mol. The predicted octanol–water partition coefficient (Wildman–Crippen LogP) is 3.52. The zero-order valence-electron chi connectivity index (χ0n) is 10.7. The molecule has 2 rings (SSSR count).